The van der Waals surface area contributed by atoms with Crippen LogP contribution >= 0.6 is 0 Å². The number of likely N-dealkylation sites (tertiary alicyclic amines) is 1. The zero-order chi connectivity index (χ0) is 22.2. The molecule has 2 aromatic rings. The minimum atomic E-state index is -0.594. The van der Waals surface area contributed by atoms with Gasteiger partial charge in [0.15, 0.2) is 11.5 Å². The van der Waals surface area contributed by atoms with Gasteiger partial charge < -0.3 is 24.2 Å². The standard InChI is InChI=1S/C25H31NO5/c1-16(27)25(2)15-26(24(28)30-4)14-21(25)19-9-10-22(29-3)23(13-19)31-20-11-17-7-5-6-8-18(17)12-20/h5-10,13,16,20-21,27H,11-12,14-15H2,1-4H3/t16-,21-,25-/m1/s1. The van der Waals surface area contributed by atoms with Gasteiger partial charge in [0.25, 0.3) is 0 Å². The Bertz CT molecular complexity index is 934. The second kappa shape index (κ2) is 8.42. The Hall–Kier alpha value is -2.73. The molecule has 1 aliphatic carbocycles. The number of aliphatic hydroxyl groups excluding tert-OH is 1. The van der Waals surface area contributed by atoms with Gasteiger partial charge in [0.05, 0.1) is 20.3 Å². The summed E-state index contributed by atoms with van der Waals surface area (Å²) in [5.74, 6) is 1.32. The van der Waals surface area contributed by atoms with Gasteiger partial charge in [0.1, 0.15) is 6.10 Å². The molecule has 0 radical (unpaired) electrons. The van der Waals surface area contributed by atoms with E-state index in [0.717, 1.165) is 18.4 Å². The molecule has 31 heavy (non-hydrogen) atoms. The highest BCUT2D eigenvalue weighted by Crippen LogP contribution is 2.47. The van der Waals surface area contributed by atoms with Crippen LogP contribution in [0.3, 0.4) is 0 Å². The molecule has 6 heteroatoms. The van der Waals surface area contributed by atoms with Gasteiger partial charge >= 0.3 is 6.09 Å². The number of hydrogen-bond donors (Lipinski definition) is 1. The van der Waals surface area contributed by atoms with Gasteiger partial charge in [-0.25, -0.2) is 4.79 Å². The first-order valence-corrected chi connectivity index (χ1v) is 10.8. The molecule has 166 valence electrons. The quantitative estimate of drug-likeness (QED) is 0.789. The molecule has 2 aromatic carbocycles. The number of methoxy groups -OCH3 is 2. The lowest BCUT2D eigenvalue weighted by Gasteiger charge is -2.33. The van der Waals surface area contributed by atoms with Crippen molar-refractivity contribution < 1.29 is 24.1 Å². The van der Waals surface area contributed by atoms with Crippen molar-refractivity contribution in [3.63, 3.8) is 0 Å². The predicted molar refractivity (Wildman–Crippen MR) is 118 cm³/mol. The van der Waals surface area contributed by atoms with Crippen molar-refractivity contribution >= 4 is 6.09 Å². The minimum absolute atomic E-state index is 0.0550. The van der Waals surface area contributed by atoms with E-state index in [-0.39, 0.29) is 18.1 Å². The van der Waals surface area contributed by atoms with Crippen LogP contribution in [0.5, 0.6) is 11.5 Å². The Kier molecular flexibility index (Phi) is 5.84. The maximum absolute atomic E-state index is 12.2. The van der Waals surface area contributed by atoms with E-state index in [0.29, 0.717) is 24.6 Å². The Morgan fingerprint density at radius 1 is 1.13 bits per heavy atom. The van der Waals surface area contributed by atoms with Crippen molar-refractivity contribution in [1.29, 1.82) is 0 Å². The minimum Gasteiger partial charge on any atom is -0.493 e. The molecule has 2 aliphatic rings. The number of fused-ring (bicyclic) bond motifs is 1. The average Bonchev–Trinajstić information content (AvgIpc) is 3.34. The van der Waals surface area contributed by atoms with E-state index in [9.17, 15) is 9.90 Å². The lowest BCUT2D eigenvalue weighted by Crippen LogP contribution is -2.38. The first-order valence-electron chi connectivity index (χ1n) is 10.8. The number of amides is 1. The van der Waals surface area contributed by atoms with E-state index in [1.165, 1.54) is 18.2 Å². The lowest BCUT2D eigenvalue weighted by molar-refractivity contribution is 0.0470. The topological polar surface area (TPSA) is 68.2 Å². The normalized spacial score (nSPS) is 24.0. The summed E-state index contributed by atoms with van der Waals surface area (Å²) in [6.07, 6.45) is 0.828. The molecule has 1 N–H and O–H groups in total. The summed E-state index contributed by atoms with van der Waals surface area (Å²) in [4.78, 5) is 13.8. The number of benzene rings is 2. The van der Waals surface area contributed by atoms with E-state index in [2.05, 4.69) is 24.3 Å². The van der Waals surface area contributed by atoms with Gasteiger partial charge in [-0.3, -0.25) is 0 Å². The van der Waals surface area contributed by atoms with Gasteiger partial charge in [-0.1, -0.05) is 37.3 Å². The van der Waals surface area contributed by atoms with Crippen molar-refractivity contribution in [2.24, 2.45) is 5.41 Å². The van der Waals surface area contributed by atoms with Crippen LogP contribution in [0, 0.1) is 5.41 Å². The van der Waals surface area contributed by atoms with Gasteiger partial charge in [-0.05, 0) is 35.7 Å². The fraction of sp³-hybridized carbons (Fsp3) is 0.480. The summed E-state index contributed by atoms with van der Waals surface area (Å²) in [6, 6.07) is 14.4. The van der Waals surface area contributed by atoms with Gasteiger partial charge in [-0.2, -0.15) is 0 Å². The average molecular weight is 426 g/mol. The third-order valence-electron chi connectivity index (χ3n) is 7.02. The molecule has 0 unspecified atom stereocenters. The van der Waals surface area contributed by atoms with E-state index >= 15 is 0 Å². The van der Waals surface area contributed by atoms with Crippen LogP contribution in [0.25, 0.3) is 0 Å². The van der Waals surface area contributed by atoms with Crippen LogP contribution < -0.4 is 9.47 Å². The van der Waals surface area contributed by atoms with Crippen molar-refractivity contribution in [2.45, 2.75) is 44.8 Å². The van der Waals surface area contributed by atoms with Crippen molar-refractivity contribution in [3.8, 4) is 11.5 Å². The van der Waals surface area contributed by atoms with Crippen LogP contribution in [0.2, 0.25) is 0 Å². The highest BCUT2D eigenvalue weighted by Gasteiger charge is 2.48. The first-order chi connectivity index (χ1) is 14.9. The zero-order valence-corrected chi connectivity index (χ0v) is 18.6. The summed E-state index contributed by atoms with van der Waals surface area (Å²) in [5, 5.41) is 10.6. The van der Waals surface area contributed by atoms with Crippen molar-refractivity contribution in [3.05, 3.63) is 59.2 Å². The first kappa shape index (κ1) is 21.5. The fourth-order valence-electron chi connectivity index (χ4n) is 4.98. The molecule has 0 spiro atoms. The summed E-state index contributed by atoms with van der Waals surface area (Å²) in [5.41, 5.74) is 3.17. The highest BCUT2D eigenvalue weighted by atomic mass is 16.5. The monoisotopic (exact) mass is 425 g/mol. The Labute approximate surface area is 183 Å². The van der Waals surface area contributed by atoms with Crippen LogP contribution in [-0.2, 0) is 17.6 Å². The second-order valence-corrected chi connectivity index (χ2v) is 8.91. The van der Waals surface area contributed by atoms with Crippen LogP contribution in [0.1, 0.15) is 36.5 Å². The van der Waals surface area contributed by atoms with Crippen LogP contribution in [0.15, 0.2) is 42.5 Å². The molecule has 0 bridgehead atoms. The third kappa shape index (κ3) is 3.97. The summed E-state index contributed by atoms with van der Waals surface area (Å²) >= 11 is 0. The van der Waals surface area contributed by atoms with Crippen molar-refractivity contribution in [2.75, 3.05) is 27.3 Å². The van der Waals surface area contributed by atoms with Crippen LogP contribution in [-0.4, -0.2) is 55.6 Å². The molecular formula is C25H31NO5. The van der Waals surface area contributed by atoms with Crippen molar-refractivity contribution in [1.82, 2.24) is 4.90 Å². The molecule has 1 aliphatic heterocycles. The summed E-state index contributed by atoms with van der Waals surface area (Å²) in [7, 11) is 3.02. The third-order valence-corrected chi connectivity index (χ3v) is 7.02. The SMILES string of the molecule is COC(=O)N1C[C@H](c2ccc(OC)c(OC3Cc4ccccc4C3)c2)[C@@](C)([C@@H](C)O)C1. The van der Waals surface area contributed by atoms with Gasteiger partial charge in [-0.15, -0.1) is 0 Å². The van der Waals surface area contributed by atoms with E-state index in [1.807, 2.05) is 25.1 Å². The van der Waals surface area contributed by atoms with Gasteiger partial charge in [0.2, 0.25) is 0 Å². The largest absolute Gasteiger partial charge is 0.493 e. The summed E-state index contributed by atoms with van der Waals surface area (Å²) < 4.78 is 16.9. The molecule has 4 rings (SSSR count). The molecule has 1 amide bonds. The number of aliphatic hydroxyl groups is 1. The number of hydrogen-bond acceptors (Lipinski definition) is 5. The van der Waals surface area contributed by atoms with E-state index in [4.69, 9.17) is 14.2 Å². The van der Waals surface area contributed by atoms with Gasteiger partial charge in [0, 0.05) is 37.3 Å². The number of carbonyl (C=O) groups is 1. The van der Waals surface area contributed by atoms with E-state index < -0.39 is 11.5 Å². The molecule has 6 nitrogen and oxygen atoms in total. The number of ether oxygens (including phenoxy) is 3. The Morgan fingerprint density at radius 2 is 1.81 bits per heavy atom. The highest BCUT2D eigenvalue weighted by molar-refractivity contribution is 5.68. The number of nitrogens with zero attached hydrogens (tertiary/aromatic N) is 1. The Balaban J connectivity index is 1.61. The molecule has 1 heterocycles. The number of carbonyl (C=O) groups excluding carboxylic acids is 1. The Morgan fingerprint density at radius 3 is 2.39 bits per heavy atom. The number of rotatable bonds is 5. The zero-order valence-electron chi connectivity index (χ0n) is 18.6. The predicted octanol–water partition coefficient (Wildman–Crippen LogP) is 3.79. The fourth-order valence-corrected chi connectivity index (χ4v) is 4.98. The molecule has 0 aromatic heterocycles. The maximum atomic E-state index is 12.2. The molecule has 3 atom stereocenters. The molecule has 0 saturated carbocycles. The second-order valence-electron chi connectivity index (χ2n) is 8.91. The maximum Gasteiger partial charge on any atom is 0.409 e. The molecule has 1 fully saturated rings. The van der Waals surface area contributed by atoms with E-state index in [1.54, 1.807) is 18.9 Å². The lowest BCUT2D eigenvalue weighted by atomic mass is 9.72. The molecule has 1 saturated heterocycles. The molecular weight excluding hydrogens is 394 g/mol. The van der Waals surface area contributed by atoms with Crippen LogP contribution in [0.4, 0.5) is 4.79 Å². The smallest absolute Gasteiger partial charge is 0.409 e. The summed E-state index contributed by atoms with van der Waals surface area (Å²) in [6.45, 7) is 4.71.